The number of benzene rings is 1. The molecule has 15 heavy (non-hydrogen) atoms. The predicted molar refractivity (Wildman–Crippen MR) is 60.4 cm³/mol. The number of rotatable bonds is 3. The molecule has 0 aliphatic rings. The average Bonchev–Trinajstić information content (AvgIpc) is 2.15. The van der Waals surface area contributed by atoms with E-state index in [0.29, 0.717) is 10.6 Å². The zero-order chi connectivity index (χ0) is 11.6. The van der Waals surface area contributed by atoms with Crippen LogP contribution in [0.1, 0.15) is 32.8 Å². The molecule has 1 aromatic carbocycles. The van der Waals surface area contributed by atoms with Gasteiger partial charge in [-0.1, -0.05) is 37.9 Å². The van der Waals surface area contributed by atoms with Gasteiger partial charge in [0.05, 0.1) is 5.60 Å². The molecule has 2 unspecified atom stereocenters. The fourth-order valence-electron chi connectivity index (χ4n) is 1.56. The Balaban J connectivity index is 3.15. The van der Waals surface area contributed by atoms with Crippen molar-refractivity contribution in [3.63, 3.8) is 0 Å². The minimum Gasteiger partial charge on any atom is -0.385 e. The van der Waals surface area contributed by atoms with Crippen LogP contribution in [0.4, 0.5) is 4.39 Å². The zero-order valence-corrected chi connectivity index (χ0v) is 9.98. The van der Waals surface area contributed by atoms with E-state index in [1.807, 2.05) is 13.8 Å². The van der Waals surface area contributed by atoms with Crippen LogP contribution in [0.25, 0.3) is 0 Å². The molecule has 0 saturated carbocycles. The van der Waals surface area contributed by atoms with Gasteiger partial charge in [-0.15, -0.1) is 0 Å². The van der Waals surface area contributed by atoms with Crippen molar-refractivity contribution in [3.8, 4) is 0 Å². The summed E-state index contributed by atoms with van der Waals surface area (Å²) in [5, 5.41) is 10.6. The molecular formula is C12H16ClFO. The minimum absolute atomic E-state index is 0.00632. The normalized spacial score (nSPS) is 17.2. The van der Waals surface area contributed by atoms with Crippen LogP contribution in [-0.4, -0.2) is 5.11 Å². The summed E-state index contributed by atoms with van der Waals surface area (Å²) in [4.78, 5) is 0. The topological polar surface area (TPSA) is 20.2 Å². The molecule has 1 nitrogen and oxygen atoms in total. The summed E-state index contributed by atoms with van der Waals surface area (Å²) >= 11 is 5.66. The third kappa shape index (κ3) is 2.50. The summed E-state index contributed by atoms with van der Waals surface area (Å²) < 4.78 is 13.6. The van der Waals surface area contributed by atoms with Gasteiger partial charge in [0.2, 0.25) is 0 Å². The lowest BCUT2D eigenvalue weighted by Gasteiger charge is -2.30. The van der Waals surface area contributed by atoms with E-state index < -0.39 is 11.4 Å². The standard InChI is InChI=1S/C12H16ClFO/c1-4-8(2)12(3,15)10-6-5-9(13)7-11(10)14/h5-8,15H,4H2,1-3H3. The predicted octanol–water partition coefficient (Wildman–Crippen LogP) is 3.73. The Morgan fingerprint density at radius 3 is 2.60 bits per heavy atom. The van der Waals surface area contributed by atoms with Crippen LogP contribution in [-0.2, 0) is 5.60 Å². The number of hydrogen-bond acceptors (Lipinski definition) is 1. The molecule has 0 amide bonds. The Morgan fingerprint density at radius 2 is 2.13 bits per heavy atom. The molecule has 0 aliphatic carbocycles. The molecule has 1 rings (SSSR count). The van der Waals surface area contributed by atoms with Crippen molar-refractivity contribution in [1.82, 2.24) is 0 Å². The van der Waals surface area contributed by atoms with Crippen LogP contribution in [0.2, 0.25) is 5.02 Å². The number of aliphatic hydroxyl groups is 1. The van der Waals surface area contributed by atoms with Crippen molar-refractivity contribution < 1.29 is 9.50 Å². The first kappa shape index (κ1) is 12.5. The van der Waals surface area contributed by atoms with E-state index in [4.69, 9.17) is 11.6 Å². The van der Waals surface area contributed by atoms with Crippen LogP contribution in [0.15, 0.2) is 18.2 Å². The third-order valence-electron chi connectivity index (χ3n) is 3.05. The maximum Gasteiger partial charge on any atom is 0.130 e. The van der Waals surface area contributed by atoms with E-state index in [1.165, 1.54) is 6.07 Å². The van der Waals surface area contributed by atoms with Gasteiger partial charge < -0.3 is 5.11 Å². The van der Waals surface area contributed by atoms with Gasteiger partial charge in [0.25, 0.3) is 0 Å². The summed E-state index contributed by atoms with van der Waals surface area (Å²) in [5.74, 6) is -0.457. The van der Waals surface area contributed by atoms with E-state index in [0.717, 1.165) is 6.42 Å². The summed E-state index contributed by atoms with van der Waals surface area (Å²) in [6.45, 7) is 5.49. The van der Waals surface area contributed by atoms with Crippen molar-refractivity contribution >= 4 is 11.6 Å². The van der Waals surface area contributed by atoms with E-state index in [9.17, 15) is 9.50 Å². The zero-order valence-electron chi connectivity index (χ0n) is 9.22. The first-order chi connectivity index (χ1) is 6.89. The van der Waals surface area contributed by atoms with E-state index in [-0.39, 0.29) is 5.92 Å². The van der Waals surface area contributed by atoms with Gasteiger partial charge in [0.1, 0.15) is 5.82 Å². The van der Waals surface area contributed by atoms with Gasteiger partial charge in [0, 0.05) is 10.6 Å². The third-order valence-corrected chi connectivity index (χ3v) is 3.28. The molecule has 0 bridgehead atoms. The fourth-order valence-corrected chi connectivity index (χ4v) is 1.72. The lowest BCUT2D eigenvalue weighted by atomic mass is 9.82. The van der Waals surface area contributed by atoms with Crippen molar-refractivity contribution in [2.24, 2.45) is 5.92 Å². The highest BCUT2D eigenvalue weighted by Crippen LogP contribution is 2.33. The average molecular weight is 231 g/mol. The Labute approximate surface area is 94.9 Å². The fraction of sp³-hybridized carbons (Fsp3) is 0.500. The van der Waals surface area contributed by atoms with Crippen LogP contribution in [0.5, 0.6) is 0 Å². The van der Waals surface area contributed by atoms with Crippen LogP contribution >= 0.6 is 11.6 Å². The van der Waals surface area contributed by atoms with Gasteiger partial charge in [-0.2, -0.15) is 0 Å². The quantitative estimate of drug-likeness (QED) is 0.839. The van der Waals surface area contributed by atoms with Crippen molar-refractivity contribution in [2.45, 2.75) is 32.8 Å². The molecule has 2 atom stereocenters. The Hall–Kier alpha value is -0.600. The Bertz CT molecular complexity index is 349. The maximum absolute atomic E-state index is 13.6. The molecule has 3 heteroatoms. The summed E-state index contributed by atoms with van der Waals surface area (Å²) in [5.41, 5.74) is -0.843. The second kappa shape index (κ2) is 4.50. The van der Waals surface area contributed by atoms with E-state index in [2.05, 4.69) is 0 Å². The Kier molecular flexibility index (Phi) is 3.74. The van der Waals surface area contributed by atoms with Gasteiger partial charge in [0.15, 0.2) is 0 Å². The van der Waals surface area contributed by atoms with E-state index in [1.54, 1.807) is 19.1 Å². The highest BCUT2D eigenvalue weighted by atomic mass is 35.5. The smallest absolute Gasteiger partial charge is 0.130 e. The minimum atomic E-state index is -1.15. The Morgan fingerprint density at radius 1 is 1.53 bits per heavy atom. The summed E-state index contributed by atoms with van der Waals surface area (Å²) in [6, 6.07) is 4.37. The first-order valence-corrected chi connectivity index (χ1v) is 5.45. The molecule has 0 fully saturated rings. The lowest BCUT2D eigenvalue weighted by Crippen LogP contribution is -2.30. The molecule has 1 aromatic rings. The molecule has 0 aliphatic heterocycles. The van der Waals surface area contributed by atoms with Crippen molar-refractivity contribution in [2.75, 3.05) is 0 Å². The van der Waals surface area contributed by atoms with Crippen LogP contribution in [0.3, 0.4) is 0 Å². The van der Waals surface area contributed by atoms with Gasteiger partial charge in [-0.05, 0) is 25.0 Å². The summed E-state index contributed by atoms with van der Waals surface area (Å²) in [6.07, 6.45) is 0.787. The molecule has 0 aromatic heterocycles. The number of hydrogen-bond donors (Lipinski definition) is 1. The molecular weight excluding hydrogens is 215 g/mol. The highest BCUT2D eigenvalue weighted by Gasteiger charge is 2.31. The highest BCUT2D eigenvalue weighted by molar-refractivity contribution is 6.30. The van der Waals surface area contributed by atoms with Crippen LogP contribution < -0.4 is 0 Å². The second-order valence-electron chi connectivity index (χ2n) is 4.08. The van der Waals surface area contributed by atoms with Crippen molar-refractivity contribution in [3.05, 3.63) is 34.6 Å². The molecule has 84 valence electrons. The molecule has 0 spiro atoms. The first-order valence-electron chi connectivity index (χ1n) is 5.07. The largest absolute Gasteiger partial charge is 0.385 e. The SMILES string of the molecule is CCC(C)C(C)(O)c1ccc(Cl)cc1F. The maximum atomic E-state index is 13.6. The lowest BCUT2D eigenvalue weighted by molar-refractivity contribution is -0.00313. The molecule has 0 heterocycles. The monoisotopic (exact) mass is 230 g/mol. The van der Waals surface area contributed by atoms with Gasteiger partial charge >= 0.3 is 0 Å². The van der Waals surface area contributed by atoms with Crippen LogP contribution in [0, 0.1) is 11.7 Å². The van der Waals surface area contributed by atoms with Gasteiger partial charge in [-0.3, -0.25) is 0 Å². The number of halogens is 2. The molecule has 1 N–H and O–H groups in total. The second-order valence-corrected chi connectivity index (χ2v) is 4.52. The molecule has 0 saturated heterocycles. The van der Waals surface area contributed by atoms with E-state index >= 15 is 0 Å². The molecule has 0 radical (unpaired) electrons. The summed E-state index contributed by atoms with van der Waals surface area (Å²) in [7, 11) is 0. The van der Waals surface area contributed by atoms with Gasteiger partial charge in [-0.25, -0.2) is 4.39 Å². The van der Waals surface area contributed by atoms with Crippen molar-refractivity contribution in [1.29, 1.82) is 0 Å².